The van der Waals surface area contributed by atoms with Crippen molar-refractivity contribution in [2.24, 2.45) is 4.99 Å². The second kappa shape index (κ2) is 8.53. The van der Waals surface area contributed by atoms with Gasteiger partial charge >= 0.3 is 6.09 Å². The maximum absolute atomic E-state index is 11.9. The predicted molar refractivity (Wildman–Crippen MR) is 112 cm³/mol. The molecule has 0 aliphatic heterocycles. The Balaban J connectivity index is 1.47. The molecule has 1 N–H and O–H groups in total. The first-order valence-electron chi connectivity index (χ1n) is 9.51. The van der Waals surface area contributed by atoms with Crippen LogP contribution in [0, 0.1) is 0 Å². The molecule has 0 heterocycles. The second-order valence-corrected chi connectivity index (χ2v) is 6.67. The van der Waals surface area contributed by atoms with Gasteiger partial charge in [-0.2, -0.15) is 0 Å². The Bertz CT molecular complexity index is 947. The minimum Gasteiger partial charge on any atom is -0.447 e. The molecule has 1 aliphatic rings. The lowest BCUT2D eigenvalue weighted by Crippen LogP contribution is -2.16. The lowest BCUT2D eigenvalue weighted by Gasteiger charge is -2.11. The van der Waals surface area contributed by atoms with Crippen molar-refractivity contribution >= 4 is 17.5 Å². The molecule has 0 spiro atoms. The summed E-state index contributed by atoms with van der Waals surface area (Å²) in [5, 5.41) is 2.71. The Morgan fingerprint density at radius 3 is 2.04 bits per heavy atom. The van der Waals surface area contributed by atoms with Crippen molar-refractivity contribution in [2.45, 2.75) is 12.8 Å². The Kier molecular flexibility index (Phi) is 5.48. The minimum absolute atomic E-state index is 0.229. The summed E-state index contributed by atoms with van der Waals surface area (Å²) in [6, 6.07) is 26.1. The highest BCUT2D eigenvalue weighted by molar-refractivity contribution is 6.15. The molecule has 0 radical (unpaired) electrons. The molecule has 0 fully saturated rings. The number of aryl methyl sites for hydroxylation is 2. The number of fused-ring (bicyclic) bond motifs is 2. The summed E-state index contributed by atoms with van der Waals surface area (Å²) in [6.07, 6.45) is 1.54. The molecule has 0 saturated carbocycles. The number of aliphatic imine (C=N–C) groups is 1. The van der Waals surface area contributed by atoms with Crippen LogP contribution < -0.4 is 5.32 Å². The van der Waals surface area contributed by atoms with Crippen LogP contribution in [0.5, 0.6) is 0 Å². The van der Waals surface area contributed by atoms with Crippen molar-refractivity contribution < 1.29 is 9.53 Å². The van der Waals surface area contributed by atoms with Crippen LogP contribution in [-0.4, -0.2) is 25.0 Å². The first kappa shape index (κ1) is 18.0. The molecule has 4 nitrogen and oxygen atoms in total. The smallest absolute Gasteiger partial charge is 0.411 e. The van der Waals surface area contributed by atoms with E-state index >= 15 is 0 Å². The van der Waals surface area contributed by atoms with Crippen molar-refractivity contribution in [3.8, 4) is 0 Å². The zero-order valence-corrected chi connectivity index (χ0v) is 15.6. The highest BCUT2D eigenvalue weighted by Gasteiger charge is 2.18. The van der Waals surface area contributed by atoms with Gasteiger partial charge < -0.3 is 4.74 Å². The van der Waals surface area contributed by atoms with Gasteiger partial charge in [0, 0.05) is 16.8 Å². The average Bonchev–Trinajstić information content (AvgIpc) is 2.89. The summed E-state index contributed by atoms with van der Waals surface area (Å²) in [5.74, 6) is 0. The number of nitrogens with one attached hydrogen (secondary N) is 1. The molecule has 0 unspecified atom stereocenters. The van der Waals surface area contributed by atoms with Gasteiger partial charge in [-0.15, -0.1) is 0 Å². The topological polar surface area (TPSA) is 50.7 Å². The summed E-state index contributed by atoms with van der Waals surface area (Å²) in [5.41, 5.74) is 6.64. The second-order valence-electron chi connectivity index (χ2n) is 6.67. The average molecular weight is 370 g/mol. The van der Waals surface area contributed by atoms with E-state index in [4.69, 9.17) is 9.73 Å². The van der Waals surface area contributed by atoms with Gasteiger partial charge in [0.15, 0.2) is 0 Å². The highest BCUT2D eigenvalue weighted by atomic mass is 16.5. The highest BCUT2D eigenvalue weighted by Crippen LogP contribution is 2.25. The molecule has 1 amide bonds. The van der Waals surface area contributed by atoms with E-state index in [-0.39, 0.29) is 6.61 Å². The van der Waals surface area contributed by atoms with Gasteiger partial charge in [-0.25, -0.2) is 4.79 Å². The normalized spacial score (nSPS) is 12.4. The van der Waals surface area contributed by atoms with Crippen LogP contribution in [0.1, 0.15) is 22.3 Å². The number of hydrogen-bond donors (Lipinski definition) is 1. The molecule has 140 valence electrons. The standard InChI is InChI=1S/C24H22N2O2/c27-24(26-20-10-2-1-3-11-20)28-17-16-25-23-21-12-6-4-8-18(21)14-15-19-9-5-7-13-22(19)23/h1-13H,14-17H2,(H,26,27). The van der Waals surface area contributed by atoms with E-state index in [1.807, 2.05) is 42.5 Å². The number of para-hydroxylation sites is 1. The van der Waals surface area contributed by atoms with Crippen LogP contribution in [0.25, 0.3) is 0 Å². The first-order valence-corrected chi connectivity index (χ1v) is 9.51. The molecule has 3 aromatic rings. The monoisotopic (exact) mass is 370 g/mol. The molecule has 0 saturated heterocycles. The maximum Gasteiger partial charge on any atom is 0.411 e. The van der Waals surface area contributed by atoms with Crippen LogP contribution in [0.4, 0.5) is 10.5 Å². The van der Waals surface area contributed by atoms with E-state index in [1.54, 1.807) is 0 Å². The van der Waals surface area contributed by atoms with Gasteiger partial charge in [0.05, 0.1) is 12.3 Å². The number of rotatable bonds is 4. The molecule has 3 aromatic carbocycles. The first-order chi connectivity index (χ1) is 13.8. The number of benzene rings is 3. The number of amides is 1. The summed E-state index contributed by atoms with van der Waals surface area (Å²) in [7, 11) is 0. The Hall–Kier alpha value is -3.40. The van der Waals surface area contributed by atoms with Crippen molar-refractivity contribution in [1.29, 1.82) is 0 Å². The summed E-state index contributed by atoms with van der Waals surface area (Å²) in [6.45, 7) is 0.646. The van der Waals surface area contributed by atoms with Crippen LogP contribution in [-0.2, 0) is 17.6 Å². The van der Waals surface area contributed by atoms with Gasteiger partial charge in [0.25, 0.3) is 0 Å². The van der Waals surface area contributed by atoms with Crippen LogP contribution in [0.2, 0.25) is 0 Å². The summed E-state index contributed by atoms with van der Waals surface area (Å²) < 4.78 is 5.29. The Morgan fingerprint density at radius 2 is 1.39 bits per heavy atom. The van der Waals surface area contributed by atoms with E-state index < -0.39 is 6.09 Å². The quantitative estimate of drug-likeness (QED) is 0.666. The van der Waals surface area contributed by atoms with Crippen molar-refractivity contribution in [1.82, 2.24) is 0 Å². The third kappa shape index (κ3) is 4.12. The van der Waals surface area contributed by atoms with Gasteiger partial charge in [0.1, 0.15) is 6.61 Å². The van der Waals surface area contributed by atoms with E-state index in [9.17, 15) is 4.79 Å². The fraction of sp³-hybridized carbons (Fsp3) is 0.167. The van der Waals surface area contributed by atoms with E-state index in [0.29, 0.717) is 12.2 Å². The molecule has 0 aromatic heterocycles. The fourth-order valence-electron chi connectivity index (χ4n) is 3.49. The lowest BCUT2D eigenvalue weighted by atomic mass is 9.98. The van der Waals surface area contributed by atoms with Gasteiger partial charge in [-0.05, 0) is 36.1 Å². The van der Waals surface area contributed by atoms with Gasteiger partial charge in [-0.3, -0.25) is 10.3 Å². The fourth-order valence-corrected chi connectivity index (χ4v) is 3.49. The molecule has 1 aliphatic carbocycles. The maximum atomic E-state index is 11.9. The predicted octanol–water partition coefficient (Wildman–Crippen LogP) is 4.87. The molecule has 28 heavy (non-hydrogen) atoms. The van der Waals surface area contributed by atoms with Crippen LogP contribution in [0.3, 0.4) is 0 Å². The van der Waals surface area contributed by atoms with Crippen molar-refractivity contribution in [2.75, 3.05) is 18.5 Å². The van der Waals surface area contributed by atoms with Gasteiger partial charge in [-0.1, -0.05) is 66.7 Å². The van der Waals surface area contributed by atoms with E-state index in [1.165, 1.54) is 22.3 Å². The zero-order chi connectivity index (χ0) is 19.2. The minimum atomic E-state index is -0.465. The number of ether oxygens (including phenoxy) is 1. The van der Waals surface area contributed by atoms with Crippen LogP contribution in [0.15, 0.2) is 83.9 Å². The van der Waals surface area contributed by atoms with Crippen molar-refractivity contribution in [3.63, 3.8) is 0 Å². The third-order valence-electron chi connectivity index (χ3n) is 4.82. The molecular weight excluding hydrogens is 348 g/mol. The molecular formula is C24H22N2O2. The number of carbonyl (C=O) groups is 1. The number of carbonyl (C=O) groups excluding carboxylic acids is 1. The molecule has 0 atom stereocenters. The molecule has 4 rings (SSSR count). The Morgan fingerprint density at radius 1 is 0.821 bits per heavy atom. The largest absolute Gasteiger partial charge is 0.447 e. The molecule has 0 bridgehead atoms. The van der Waals surface area contributed by atoms with Gasteiger partial charge in [0.2, 0.25) is 0 Å². The molecule has 4 heteroatoms. The lowest BCUT2D eigenvalue weighted by molar-refractivity contribution is 0.165. The SMILES string of the molecule is O=C(Nc1ccccc1)OCCN=C1c2ccccc2CCc2ccccc21. The van der Waals surface area contributed by atoms with Crippen molar-refractivity contribution in [3.05, 3.63) is 101 Å². The number of anilines is 1. The van der Waals surface area contributed by atoms with E-state index in [0.717, 1.165) is 18.6 Å². The summed E-state index contributed by atoms with van der Waals surface area (Å²) >= 11 is 0. The Labute approximate surface area is 164 Å². The van der Waals surface area contributed by atoms with Crippen LogP contribution >= 0.6 is 0 Å². The number of hydrogen-bond acceptors (Lipinski definition) is 3. The zero-order valence-electron chi connectivity index (χ0n) is 15.6. The van der Waals surface area contributed by atoms with E-state index in [2.05, 4.69) is 41.7 Å². The third-order valence-corrected chi connectivity index (χ3v) is 4.82. The number of nitrogens with zero attached hydrogens (tertiary/aromatic N) is 1. The summed E-state index contributed by atoms with van der Waals surface area (Å²) in [4.78, 5) is 16.8.